The minimum atomic E-state index is -0.237. The number of carbonyl (C=O) groups excluding carboxylic acids is 2. The van der Waals surface area contributed by atoms with Gasteiger partial charge in [-0.1, -0.05) is 0 Å². The molecule has 0 atom stereocenters. The van der Waals surface area contributed by atoms with Crippen LogP contribution in [0.15, 0.2) is 12.2 Å². The van der Waals surface area contributed by atoms with Gasteiger partial charge in [0.2, 0.25) is 0 Å². The van der Waals surface area contributed by atoms with E-state index in [0.717, 1.165) is 0 Å². The zero-order chi connectivity index (χ0) is 9.68. The fraction of sp³-hybridized carbons (Fsp3) is 0.500. The van der Waals surface area contributed by atoms with E-state index >= 15 is 0 Å². The first-order valence-electron chi connectivity index (χ1n) is 4.20. The minimum absolute atomic E-state index is 0.237. The van der Waals surface area contributed by atoms with Crippen molar-refractivity contribution in [2.75, 3.05) is 26.2 Å². The average Bonchev–Trinajstić information content (AvgIpc) is 2.42. The van der Waals surface area contributed by atoms with Crippen molar-refractivity contribution in [3.63, 3.8) is 0 Å². The van der Waals surface area contributed by atoms with Crippen molar-refractivity contribution in [1.29, 1.82) is 0 Å². The lowest BCUT2D eigenvalue weighted by atomic mass is 10.5. The highest BCUT2D eigenvalue weighted by atomic mass is 16.2. The molecule has 0 unspecified atom stereocenters. The Hall–Kier alpha value is -1.20. The Morgan fingerprint density at radius 1 is 1.23 bits per heavy atom. The first-order valence-corrected chi connectivity index (χ1v) is 4.20. The third kappa shape index (κ3) is 2.64. The molecule has 1 aliphatic heterocycles. The van der Waals surface area contributed by atoms with E-state index in [1.54, 1.807) is 0 Å². The molecule has 0 aromatic rings. The van der Waals surface area contributed by atoms with Gasteiger partial charge in [-0.2, -0.15) is 0 Å². The van der Waals surface area contributed by atoms with Crippen molar-refractivity contribution in [2.24, 2.45) is 5.73 Å². The number of nitrogens with two attached hydrogens (primary N) is 1. The number of nitrogens with one attached hydrogen (secondary N) is 1. The van der Waals surface area contributed by atoms with Crippen molar-refractivity contribution in [3.05, 3.63) is 12.2 Å². The van der Waals surface area contributed by atoms with E-state index in [4.69, 9.17) is 5.73 Å². The number of nitrogens with zero attached hydrogens (tertiary/aromatic N) is 1. The molecule has 72 valence electrons. The fourth-order valence-electron chi connectivity index (χ4n) is 1.07. The topological polar surface area (TPSA) is 75.4 Å². The molecule has 0 fully saturated rings. The van der Waals surface area contributed by atoms with Crippen molar-refractivity contribution >= 4 is 11.8 Å². The van der Waals surface area contributed by atoms with Gasteiger partial charge in [-0.25, -0.2) is 0 Å². The van der Waals surface area contributed by atoms with Crippen LogP contribution in [0.3, 0.4) is 0 Å². The fourth-order valence-corrected chi connectivity index (χ4v) is 1.07. The molecule has 1 heterocycles. The molecule has 0 spiro atoms. The summed E-state index contributed by atoms with van der Waals surface area (Å²) in [6.07, 6.45) is 2.57. The highest BCUT2D eigenvalue weighted by Crippen LogP contribution is 2.01. The lowest BCUT2D eigenvalue weighted by Gasteiger charge is -2.13. The lowest BCUT2D eigenvalue weighted by Crippen LogP contribution is -2.37. The molecule has 0 bridgehead atoms. The Kier molecular flexibility index (Phi) is 3.60. The normalized spacial score (nSPS) is 15.9. The van der Waals surface area contributed by atoms with Crippen LogP contribution in [0.5, 0.6) is 0 Å². The Bertz CT molecular complexity index is 220. The smallest absolute Gasteiger partial charge is 0.253 e. The molecule has 1 aliphatic rings. The van der Waals surface area contributed by atoms with Crippen LogP contribution in [0.2, 0.25) is 0 Å². The summed E-state index contributed by atoms with van der Waals surface area (Å²) in [6.45, 7) is 2.25. The number of carbonyl (C=O) groups is 2. The summed E-state index contributed by atoms with van der Waals surface area (Å²) in [6, 6.07) is 0. The van der Waals surface area contributed by atoms with E-state index in [-0.39, 0.29) is 11.8 Å². The molecule has 3 N–H and O–H groups in total. The van der Waals surface area contributed by atoms with Gasteiger partial charge in [0.05, 0.1) is 0 Å². The molecule has 0 aliphatic carbocycles. The second-order valence-electron chi connectivity index (χ2n) is 2.70. The molecular formula is C8H13N3O2. The second kappa shape index (κ2) is 4.74. The summed E-state index contributed by atoms with van der Waals surface area (Å²) in [5.74, 6) is -0.473. The molecule has 0 saturated carbocycles. The van der Waals surface area contributed by atoms with Crippen LogP contribution in [0.25, 0.3) is 0 Å². The quantitative estimate of drug-likeness (QED) is 0.400. The van der Waals surface area contributed by atoms with Crippen LogP contribution in [-0.4, -0.2) is 42.9 Å². The van der Waals surface area contributed by atoms with Crippen LogP contribution < -0.4 is 11.1 Å². The van der Waals surface area contributed by atoms with Crippen molar-refractivity contribution in [1.82, 2.24) is 10.2 Å². The molecule has 0 aromatic heterocycles. The van der Waals surface area contributed by atoms with Crippen LogP contribution in [0.1, 0.15) is 0 Å². The molecule has 1 rings (SSSR count). The molecule has 13 heavy (non-hydrogen) atoms. The Balaban J connectivity index is 2.22. The largest absolute Gasteiger partial charge is 0.329 e. The second-order valence-corrected chi connectivity index (χ2v) is 2.70. The van der Waals surface area contributed by atoms with Gasteiger partial charge in [-0.15, -0.1) is 0 Å². The lowest BCUT2D eigenvalue weighted by molar-refractivity contribution is -0.136. The summed E-state index contributed by atoms with van der Waals surface area (Å²) in [5.41, 5.74) is 5.26. The van der Waals surface area contributed by atoms with Crippen molar-refractivity contribution < 1.29 is 9.59 Å². The van der Waals surface area contributed by atoms with E-state index in [1.165, 1.54) is 17.1 Å². The van der Waals surface area contributed by atoms with Gasteiger partial charge in [0.1, 0.15) is 0 Å². The van der Waals surface area contributed by atoms with Gasteiger partial charge >= 0.3 is 0 Å². The maximum atomic E-state index is 11.0. The third-order valence-electron chi connectivity index (χ3n) is 1.73. The summed E-state index contributed by atoms with van der Waals surface area (Å²) in [4.78, 5) is 23.2. The first-order chi connectivity index (χ1) is 6.25. The van der Waals surface area contributed by atoms with E-state index in [1.807, 2.05) is 0 Å². The molecule has 2 amide bonds. The Labute approximate surface area is 76.6 Å². The Morgan fingerprint density at radius 2 is 1.85 bits per heavy atom. The molecular weight excluding hydrogens is 170 g/mol. The van der Waals surface area contributed by atoms with E-state index in [2.05, 4.69) is 5.32 Å². The monoisotopic (exact) mass is 183 g/mol. The molecule has 5 heteroatoms. The van der Waals surface area contributed by atoms with Gasteiger partial charge in [0.25, 0.3) is 11.8 Å². The van der Waals surface area contributed by atoms with Gasteiger partial charge in [0.15, 0.2) is 0 Å². The molecule has 0 radical (unpaired) electrons. The van der Waals surface area contributed by atoms with Crippen molar-refractivity contribution in [3.8, 4) is 0 Å². The van der Waals surface area contributed by atoms with Gasteiger partial charge < -0.3 is 11.1 Å². The predicted octanol–water partition coefficient (Wildman–Crippen LogP) is -1.54. The average molecular weight is 183 g/mol. The van der Waals surface area contributed by atoms with Gasteiger partial charge in [0, 0.05) is 38.3 Å². The highest BCUT2D eigenvalue weighted by Gasteiger charge is 2.21. The zero-order valence-corrected chi connectivity index (χ0v) is 7.32. The standard InChI is InChI=1S/C8H13N3O2/c9-3-4-10-5-6-11-7(12)1-2-8(11)13/h1-2,10H,3-6,9H2. The summed E-state index contributed by atoms with van der Waals surface area (Å²) in [7, 11) is 0. The van der Waals surface area contributed by atoms with Crippen LogP contribution in [0.4, 0.5) is 0 Å². The van der Waals surface area contributed by atoms with Crippen LogP contribution in [0, 0.1) is 0 Å². The van der Waals surface area contributed by atoms with Crippen LogP contribution in [-0.2, 0) is 9.59 Å². The number of hydrogen-bond acceptors (Lipinski definition) is 4. The maximum Gasteiger partial charge on any atom is 0.253 e. The van der Waals surface area contributed by atoms with Gasteiger partial charge in [-0.05, 0) is 0 Å². The molecule has 0 saturated heterocycles. The number of hydrogen-bond donors (Lipinski definition) is 2. The van der Waals surface area contributed by atoms with Gasteiger partial charge in [-0.3, -0.25) is 14.5 Å². The molecule has 0 aromatic carbocycles. The third-order valence-corrected chi connectivity index (χ3v) is 1.73. The zero-order valence-electron chi connectivity index (χ0n) is 7.32. The Morgan fingerprint density at radius 3 is 2.38 bits per heavy atom. The number of amides is 2. The summed E-state index contributed by atoms with van der Waals surface area (Å²) in [5, 5.41) is 3.00. The van der Waals surface area contributed by atoms with Crippen LogP contribution >= 0.6 is 0 Å². The SMILES string of the molecule is NCCNCCN1C(=O)C=CC1=O. The maximum absolute atomic E-state index is 11.0. The first kappa shape index (κ1) is 9.88. The predicted molar refractivity (Wildman–Crippen MR) is 47.8 cm³/mol. The summed E-state index contributed by atoms with van der Waals surface area (Å²) < 4.78 is 0. The van der Waals surface area contributed by atoms with Crippen molar-refractivity contribution in [2.45, 2.75) is 0 Å². The molecule has 5 nitrogen and oxygen atoms in total. The number of rotatable bonds is 5. The minimum Gasteiger partial charge on any atom is -0.329 e. The summed E-state index contributed by atoms with van der Waals surface area (Å²) >= 11 is 0. The van der Waals surface area contributed by atoms with E-state index in [0.29, 0.717) is 26.2 Å². The van der Waals surface area contributed by atoms with E-state index in [9.17, 15) is 9.59 Å². The number of imide groups is 1. The highest BCUT2D eigenvalue weighted by molar-refractivity contribution is 6.12. The van der Waals surface area contributed by atoms with E-state index < -0.39 is 0 Å².